The molecule has 1 aromatic heterocycles. The summed E-state index contributed by atoms with van der Waals surface area (Å²) in [4.78, 5) is 3.66. The Balaban J connectivity index is 2.04. The van der Waals surface area contributed by atoms with Crippen LogP contribution in [0.2, 0.25) is 0 Å². The Kier molecular flexibility index (Phi) is 6.33. The van der Waals surface area contributed by atoms with Gasteiger partial charge < -0.3 is 10.7 Å². The molecule has 0 atom stereocenters. The van der Waals surface area contributed by atoms with Crippen LogP contribution in [0.1, 0.15) is 43.7 Å². The predicted molar refractivity (Wildman–Crippen MR) is 112 cm³/mol. The number of unbranched alkanes of at least 4 members (excludes halogenated alkanes) is 2. The van der Waals surface area contributed by atoms with Crippen LogP contribution in [0.15, 0.2) is 46.9 Å². The molecule has 0 unspecified atom stereocenters. The van der Waals surface area contributed by atoms with Gasteiger partial charge in [0.05, 0.1) is 0 Å². The van der Waals surface area contributed by atoms with E-state index in [4.69, 9.17) is 5.73 Å². The first-order chi connectivity index (χ1) is 12.2. The number of nitrogens with two attached hydrogens (primary N) is 1. The van der Waals surface area contributed by atoms with Gasteiger partial charge in [0.25, 0.3) is 0 Å². The van der Waals surface area contributed by atoms with Crippen LogP contribution in [-0.4, -0.2) is 11.5 Å². The number of hydrogen-bond acceptors (Lipinski definition) is 1. The molecular weight excluding hydrogens is 372 g/mol. The fourth-order valence-electron chi connectivity index (χ4n) is 3.40. The van der Waals surface area contributed by atoms with Crippen LogP contribution in [0.5, 0.6) is 0 Å². The summed E-state index contributed by atoms with van der Waals surface area (Å²) >= 11 is 3.53. The van der Waals surface area contributed by atoms with Crippen molar-refractivity contribution in [2.24, 2.45) is 5.73 Å². The van der Waals surface area contributed by atoms with Gasteiger partial charge in [-0.3, -0.25) is 0 Å². The maximum atomic E-state index is 5.71. The number of aromatic amines is 1. The van der Waals surface area contributed by atoms with Crippen LogP contribution in [0.3, 0.4) is 0 Å². The second kappa shape index (κ2) is 8.68. The minimum atomic E-state index is 0.762. The van der Waals surface area contributed by atoms with Crippen molar-refractivity contribution in [3.63, 3.8) is 0 Å². The van der Waals surface area contributed by atoms with Crippen LogP contribution in [0.4, 0.5) is 0 Å². The first-order valence-electron chi connectivity index (χ1n) is 9.32. The van der Waals surface area contributed by atoms with Gasteiger partial charge in [0.15, 0.2) is 0 Å². The summed E-state index contributed by atoms with van der Waals surface area (Å²) in [6.45, 7) is 3.01. The number of aromatic nitrogens is 1. The molecule has 0 fully saturated rings. The second-order valence-corrected chi connectivity index (χ2v) is 7.63. The van der Waals surface area contributed by atoms with E-state index in [1.165, 1.54) is 46.1 Å². The van der Waals surface area contributed by atoms with Crippen LogP contribution in [0.25, 0.3) is 22.2 Å². The van der Waals surface area contributed by atoms with E-state index in [-0.39, 0.29) is 0 Å². The third-order valence-corrected chi connectivity index (χ3v) is 5.33. The maximum absolute atomic E-state index is 5.71. The molecule has 3 aromatic rings. The smallest absolute Gasteiger partial charge is 0.0497 e. The summed E-state index contributed by atoms with van der Waals surface area (Å²) in [6.07, 6.45) is 6.91. The topological polar surface area (TPSA) is 41.8 Å². The zero-order valence-electron chi connectivity index (χ0n) is 14.9. The molecule has 2 aromatic carbocycles. The minimum Gasteiger partial charge on any atom is -0.354 e. The number of nitrogens with one attached hydrogen (secondary N) is 1. The summed E-state index contributed by atoms with van der Waals surface area (Å²) < 4.78 is 1.11. The Morgan fingerprint density at radius 1 is 0.960 bits per heavy atom. The first kappa shape index (κ1) is 18.2. The molecule has 0 aliphatic heterocycles. The maximum Gasteiger partial charge on any atom is 0.0497 e. The number of aryl methyl sites for hydroxylation is 2. The summed E-state index contributed by atoms with van der Waals surface area (Å²) in [5.74, 6) is 0. The van der Waals surface area contributed by atoms with Crippen LogP contribution < -0.4 is 5.73 Å². The SMILES string of the molecule is CCCCc1ccc2[nH]c(-c3ccc(Br)cc3)c(CCCCN)c2c1. The van der Waals surface area contributed by atoms with E-state index in [9.17, 15) is 0 Å². The van der Waals surface area contributed by atoms with Crippen molar-refractivity contribution in [3.05, 3.63) is 58.1 Å². The average molecular weight is 399 g/mol. The van der Waals surface area contributed by atoms with Crippen molar-refractivity contribution >= 4 is 26.8 Å². The van der Waals surface area contributed by atoms with Crippen LogP contribution in [0, 0.1) is 0 Å². The molecule has 132 valence electrons. The summed E-state index contributed by atoms with van der Waals surface area (Å²) in [5.41, 5.74) is 12.3. The highest BCUT2D eigenvalue weighted by Gasteiger charge is 2.13. The summed E-state index contributed by atoms with van der Waals surface area (Å²) in [5, 5.41) is 1.38. The third-order valence-electron chi connectivity index (χ3n) is 4.80. The van der Waals surface area contributed by atoms with E-state index >= 15 is 0 Å². The van der Waals surface area contributed by atoms with Crippen molar-refractivity contribution in [1.29, 1.82) is 0 Å². The molecule has 2 nitrogen and oxygen atoms in total. The lowest BCUT2D eigenvalue weighted by Crippen LogP contribution is -1.99. The lowest BCUT2D eigenvalue weighted by Gasteiger charge is -2.06. The predicted octanol–water partition coefficient (Wildman–Crippen LogP) is 6.22. The number of fused-ring (bicyclic) bond motifs is 1. The molecule has 3 rings (SSSR count). The van der Waals surface area contributed by atoms with Crippen molar-refractivity contribution in [1.82, 2.24) is 4.98 Å². The highest BCUT2D eigenvalue weighted by molar-refractivity contribution is 9.10. The van der Waals surface area contributed by atoms with Gasteiger partial charge in [-0.2, -0.15) is 0 Å². The number of H-pyrrole nitrogens is 1. The van der Waals surface area contributed by atoms with E-state index in [0.717, 1.165) is 36.7 Å². The number of hydrogen-bond donors (Lipinski definition) is 2. The number of rotatable bonds is 8. The van der Waals surface area contributed by atoms with E-state index < -0.39 is 0 Å². The Hall–Kier alpha value is -1.58. The van der Waals surface area contributed by atoms with Crippen LogP contribution >= 0.6 is 15.9 Å². The fraction of sp³-hybridized carbons (Fsp3) is 0.364. The Labute approximate surface area is 159 Å². The normalized spacial score (nSPS) is 11.3. The van der Waals surface area contributed by atoms with Gasteiger partial charge in [0.1, 0.15) is 0 Å². The van der Waals surface area contributed by atoms with E-state index in [0.29, 0.717) is 0 Å². The minimum absolute atomic E-state index is 0.762. The van der Waals surface area contributed by atoms with Crippen molar-refractivity contribution < 1.29 is 0 Å². The van der Waals surface area contributed by atoms with Gasteiger partial charge in [0.2, 0.25) is 0 Å². The molecule has 0 saturated heterocycles. The zero-order chi connectivity index (χ0) is 17.6. The number of halogens is 1. The van der Waals surface area contributed by atoms with Gasteiger partial charge in [-0.05, 0) is 79.6 Å². The first-order valence-corrected chi connectivity index (χ1v) is 10.1. The van der Waals surface area contributed by atoms with E-state index in [1.807, 2.05) is 0 Å². The molecule has 0 aliphatic rings. The lowest BCUT2D eigenvalue weighted by molar-refractivity contribution is 0.748. The number of benzene rings is 2. The van der Waals surface area contributed by atoms with Crippen molar-refractivity contribution in [2.75, 3.05) is 6.54 Å². The Bertz CT molecular complexity index is 818. The molecule has 3 N–H and O–H groups in total. The van der Waals surface area contributed by atoms with Gasteiger partial charge in [-0.25, -0.2) is 0 Å². The molecule has 0 saturated carbocycles. The van der Waals surface area contributed by atoms with Gasteiger partial charge in [-0.1, -0.05) is 47.5 Å². The molecule has 3 heteroatoms. The van der Waals surface area contributed by atoms with E-state index in [1.54, 1.807) is 0 Å². The quantitative estimate of drug-likeness (QED) is 0.434. The van der Waals surface area contributed by atoms with E-state index in [2.05, 4.69) is 70.3 Å². The van der Waals surface area contributed by atoms with Crippen molar-refractivity contribution in [2.45, 2.75) is 45.4 Å². The fourth-order valence-corrected chi connectivity index (χ4v) is 3.66. The highest BCUT2D eigenvalue weighted by atomic mass is 79.9. The molecule has 0 spiro atoms. The monoisotopic (exact) mass is 398 g/mol. The summed E-state index contributed by atoms with van der Waals surface area (Å²) in [7, 11) is 0. The average Bonchev–Trinajstić information content (AvgIpc) is 2.99. The highest BCUT2D eigenvalue weighted by Crippen LogP contribution is 2.33. The second-order valence-electron chi connectivity index (χ2n) is 6.71. The molecule has 25 heavy (non-hydrogen) atoms. The van der Waals surface area contributed by atoms with Gasteiger partial charge in [0, 0.05) is 21.1 Å². The molecular formula is C22H27BrN2. The standard InChI is InChI=1S/C22H27BrN2/c1-2-3-6-16-8-13-21-20(15-16)19(7-4-5-14-24)22(25-21)17-9-11-18(23)12-10-17/h8-13,15,25H,2-7,14,24H2,1H3. The molecule has 0 bridgehead atoms. The van der Waals surface area contributed by atoms with Crippen molar-refractivity contribution in [3.8, 4) is 11.3 Å². The molecule has 0 aliphatic carbocycles. The van der Waals surface area contributed by atoms with Gasteiger partial charge in [-0.15, -0.1) is 0 Å². The summed E-state index contributed by atoms with van der Waals surface area (Å²) in [6, 6.07) is 15.5. The zero-order valence-corrected chi connectivity index (χ0v) is 16.5. The molecule has 0 amide bonds. The van der Waals surface area contributed by atoms with Gasteiger partial charge >= 0.3 is 0 Å². The Morgan fingerprint density at radius 3 is 2.48 bits per heavy atom. The largest absolute Gasteiger partial charge is 0.354 e. The third kappa shape index (κ3) is 4.34. The lowest BCUT2D eigenvalue weighted by atomic mass is 9.98. The Morgan fingerprint density at radius 2 is 1.76 bits per heavy atom. The molecule has 0 radical (unpaired) electrons. The molecule has 1 heterocycles. The van der Waals surface area contributed by atoms with Crippen LogP contribution in [-0.2, 0) is 12.8 Å².